The maximum atomic E-state index is 12.9. The van der Waals surface area contributed by atoms with Gasteiger partial charge in [-0.3, -0.25) is 25.0 Å². The van der Waals surface area contributed by atoms with Crippen LogP contribution < -0.4 is 16.2 Å². The molecule has 1 heterocycles. The molecular formula is C23H24ClN3O5. The number of rotatable bonds is 9. The van der Waals surface area contributed by atoms with Crippen LogP contribution in [-0.4, -0.2) is 35.7 Å². The molecule has 0 saturated heterocycles. The molecule has 0 aliphatic rings. The number of benzene rings is 2. The molecule has 0 aliphatic carbocycles. The van der Waals surface area contributed by atoms with Gasteiger partial charge in [0, 0.05) is 5.02 Å². The molecular weight excluding hydrogens is 434 g/mol. The molecule has 3 aromatic rings. The first-order chi connectivity index (χ1) is 15.4. The SMILES string of the molecule is CCOC(=O)[C@H](C)N[C@H](Cc1ccc(-c2cccc(Cl)c2)cc1)C(=O)Nc1cc(=O)[nH]o1. The van der Waals surface area contributed by atoms with E-state index >= 15 is 0 Å². The molecule has 0 aliphatic heterocycles. The van der Waals surface area contributed by atoms with Crippen LogP contribution in [0, 0.1) is 0 Å². The number of amides is 1. The number of esters is 1. The van der Waals surface area contributed by atoms with Crippen molar-refractivity contribution in [1.82, 2.24) is 10.5 Å². The van der Waals surface area contributed by atoms with Crippen LogP contribution in [0.25, 0.3) is 11.1 Å². The summed E-state index contributed by atoms with van der Waals surface area (Å²) in [5.74, 6) is -0.926. The van der Waals surface area contributed by atoms with Crippen molar-refractivity contribution in [3.8, 4) is 11.1 Å². The van der Waals surface area contributed by atoms with E-state index in [-0.39, 0.29) is 12.5 Å². The summed E-state index contributed by atoms with van der Waals surface area (Å²) < 4.78 is 9.92. The molecule has 0 unspecified atom stereocenters. The third-order valence-corrected chi connectivity index (χ3v) is 4.96. The molecule has 0 spiro atoms. The fourth-order valence-electron chi connectivity index (χ4n) is 3.15. The van der Waals surface area contributed by atoms with E-state index in [0.717, 1.165) is 22.8 Å². The number of H-pyrrole nitrogens is 1. The van der Waals surface area contributed by atoms with Gasteiger partial charge in [0.2, 0.25) is 11.8 Å². The van der Waals surface area contributed by atoms with Crippen molar-refractivity contribution in [3.05, 3.63) is 75.5 Å². The Morgan fingerprint density at radius 1 is 1.12 bits per heavy atom. The van der Waals surface area contributed by atoms with Gasteiger partial charge in [0.05, 0.1) is 18.7 Å². The molecule has 0 saturated carbocycles. The van der Waals surface area contributed by atoms with Crippen LogP contribution in [0.5, 0.6) is 0 Å². The van der Waals surface area contributed by atoms with Gasteiger partial charge in [0.1, 0.15) is 6.04 Å². The lowest BCUT2D eigenvalue weighted by atomic mass is 10.00. The molecule has 9 heteroatoms. The second-order valence-electron chi connectivity index (χ2n) is 7.17. The highest BCUT2D eigenvalue weighted by Gasteiger charge is 2.25. The topological polar surface area (TPSA) is 113 Å². The third kappa shape index (κ3) is 6.32. The molecule has 3 N–H and O–H groups in total. The van der Waals surface area contributed by atoms with Crippen molar-refractivity contribution in [3.63, 3.8) is 0 Å². The van der Waals surface area contributed by atoms with Gasteiger partial charge in [-0.2, -0.15) is 5.16 Å². The minimum absolute atomic E-state index is 0.00751. The molecule has 2 atom stereocenters. The Morgan fingerprint density at radius 2 is 1.88 bits per heavy atom. The second kappa shape index (κ2) is 10.8. The van der Waals surface area contributed by atoms with E-state index < -0.39 is 29.5 Å². The standard InChI is InChI=1S/C23H24ClN3O5/c1-3-31-23(30)14(2)25-19(22(29)26-21-13-20(28)27-32-21)11-15-7-9-16(10-8-15)17-5-4-6-18(24)12-17/h4-10,12-14,19,25H,3,11H2,1-2H3,(H,26,29)(H,27,28)/t14-,19+/m0/s1. The number of aromatic nitrogens is 1. The number of halogens is 1. The van der Waals surface area contributed by atoms with E-state index in [4.69, 9.17) is 20.9 Å². The quantitative estimate of drug-likeness (QED) is 0.424. The summed E-state index contributed by atoms with van der Waals surface area (Å²) in [4.78, 5) is 36.2. The number of carbonyl (C=O) groups excluding carboxylic acids is 2. The Labute approximate surface area is 189 Å². The molecule has 0 radical (unpaired) electrons. The van der Waals surface area contributed by atoms with Crippen LogP contribution in [0.4, 0.5) is 5.88 Å². The Balaban J connectivity index is 1.76. The van der Waals surface area contributed by atoms with Gasteiger partial charge >= 0.3 is 5.97 Å². The fraction of sp³-hybridized carbons (Fsp3) is 0.261. The van der Waals surface area contributed by atoms with Gasteiger partial charge in [-0.05, 0) is 49.1 Å². The van der Waals surface area contributed by atoms with E-state index in [1.807, 2.05) is 48.5 Å². The monoisotopic (exact) mass is 457 g/mol. The highest BCUT2D eigenvalue weighted by Crippen LogP contribution is 2.23. The largest absolute Gasteiger partial charge is 0.465 e. The lowest BCUT2D eigenvalue weighted by Crippen LogP contribution is -2.49. The van der Waals surface area contributed by atoms with Gasteiger partial charge in [0.15, 0.2) is 0 Å². The summed E-state index contributed by atoms with van der Waals surface area (Å²) in [6, 6.07) is 14.9. The molecule has 0 fully saturated rings. The summed E-state index contributed by atoms with van der Waals surface area (Å²) in [7, 11) is 0. The number of aromatic amines is 1. The first-order valence-electron chi connectivity index (χ1n) is 10.1. The van der Waals surface area contributed by atoms with Gasteiger partial charge in [0.25, 0.3) is 5.56 Å². The van der Waals surface area contributed by atoms with Crippen molar-refractivity contribution in [2.45, 2.75) is 32.4 Å². The molecule has 1 aromatic heterocycles. The lowest BCUT2D eigenvalue weighted by molar-refractivity contribution is -0.145. The maximum absolute atomic E-state index is 12.9. The maximum Gasteiger partial charge on any atom is 0.322 e. The highest BCUT2D eigenvalue weighted by molar-refractivity contribution is 6.30. The minimum Gasteiger partial charge on any atom is -0.465 e. The van der Waals surface area contributed by atoms with Crippen LogP contribution in [-0.2, 0) is 20.7 Å². The number of hydrogen-bond donors (Lipinski definition) is 3. The Hall–Kier alpha value is -3.36. The molecule has 3 rings (SSSR count). The molecule has 168 valence electrons. The number of ether oxygens (including phenoxy) is 1. The fourth-order valence-corrected chi connectivity index (χ4v) is 3.35. The van der Waals surface area contributed by atoms with Crippen LogP contribution in [0.1, 0.15) is 19.4 Å². The van der Waals surface area contributed by atoms with Gasteiger partial charge in [-0.1, -0.05) is 48.0 Å². The van der Waals surface area contributed by atoms with E-state index in [0.29, 0.717) is 11.4 Å². The summed E-state index contributed by atoms with van der Waals surface area (Å²) in [6.07, 6.45) is 0.292. The summed E-state index contributed by atoms with van der Waals surface area (Å²) >= 11 is 6.07. The molecule has 32 heavy (non-hydrogen) atoms. The van der Waals surface area contributed by atoms with Crippen LogP contribution in [0.2, 0.25) is 5.02 Å². The van der Waals surface area contributed by atoms with Crippen molar-refractivity contribution in [2.24, 2.45) is 0 Å². The van der Waals surface area contributed by atoms with Crippen LogP contribution in [0.3, 0.4) is 0 Å². The van der Waals surface area contributed by atoms with E-state index in [9.17, 15) is 14.4 Å². The predicted molar refractivity (Wildman–Crippen MR) is 122 cm³/mol. The van der Waals surface area contributed by atoms with Crippen molar-refractivity contribution < 1.29 is 18.8 Å². The summed E-state index contributed by atoms with van der Waals surface area (Å²) in [5.41, 5.74) is 2.37. The van der Waals surface area contributed by atoms with Crippen molar-refractivity contribution in [2.75, 3.05) is 11.9 Å². The zero-order valence-electron chi connectivity index (χ0n) is 17.7. The Bertz CT molecular complexity index is 1120. The summed E-state index contributed by atoms with van der Waals surface area (Å²) in [6.45, 7) is 3.57. The molecule has 8 nitrogen and oxygen atoms in total. The van der Waals surface area contributed by atoms with Crippen LogP contribution >= 0.6 is 11.6 Å². The van der Waals surface area contributed by atoms with Crippen LogP contribution in [0.15, 0.2) is 63.9 Å². The lowest BCUT2D eigenvalue weighted by Gasteiger charge is -2.21. The van der Waals surface area contributed by atoms with E-state index in [1.165, 1.54) is 0 Å². The minimum atomic E-state index is -0.786. The number of anilines is 1. The predicted octanol–water partition coefficient (Wildman–Crippen LogP) is 3.38. The smallest absolute Gasteiger partial charge is 0.322 e. The average Bonchev–Trinajstić information content (AvgIpc) is 3.18. The number of carbonyl (C=O) groups is 2. The molecule has 0 bridgehead atoms. The van der Waals surface area contributed by atoms with Gasteiger partial charge < -0.3 is 9.26 Å². The van der Waals surface area contributed by atoms with E-state index in [1.54, 1.807) is 13.8 Å². The zero-order chi connectivity index (χ0) is 23.1. The molecule has 1 amide bonds. The Morgan fingerprint density at radius 3 is 2.50 bits per heavy atom. The zero-order valence-corrected chi connectivity index (χ0v) is 18.4. The third-order valence-electron chi connectivity index (χ3n) is 4.73. The van der Waals surface area contributed by atoms with Crippen molar-refractivity contribution >= 4 is 29.4 Å². The van der Waals surface area contributed by atoms with Gasteiger partial charge in [-0.15, -0.1) is 0 Å². The average molecular weight is 458 g/mol. The first kappa shape index (κ1) is 23.3. The van der Waals surface area contributed by atoms with Crippen molar-refractivity contribution in [1.29, 1.82) is 0 Å². The summed E-state index contributed by atoms with van der Waals surface area (Å²) in [5, 5.41) is 8.30. The molecule has 2 aromatic carbocycles. The number of hydrogen-bond acceptors (Lipinski definition) is 6. The second-order valence-corrected chi connectivity index (χ2v) is 7.61. The normalized spacial score (nSPS) is 12.7. The number of nitrogens with one attached hydrogen (secondary N) is 3. The Kier molecular flexibility index (Phi) is 7.86. The van der Waals surface area contributed by atoms with Gasteiger partial charge in [-0.25, -0.2) is 0 Å². The van der Waals surface area contributed by atoms with E-state index in [2.05, 4.69) is 15.8 Å². The highest BCUT2D eigenvalue weighted by atomic mass is 35.5. The first-order valence-corrected chi connectivity index (χ1v) is 10.5.